The minimum atomic E-state index is 0.0321. The van der Waals surface area contributed by atoms with E-state index in [1.165, 1.54) is 11.1 Å². The fraction of sp³-hybridized carbons (Fsp3) is 0.278. The summed E-state index contributed by atoms with van der Waals surface area (Å²) in [6.45, 7) is 0.292. The summed E-state index contributed by atoms with van der Waals surface area (Å²) in [6.07, 6.45) is 3.25. The van der Waals surface area contributed by atoms with Gasteiger partial charge in [-0.25, -0.2) is 0 Å². The molecule has 22 heavy (non-hydrogen) atoms. The molecule has 1 aliphatic rings. The maximum absolute atomic E-state index is 12.2. The van der Waals surface area contributed by atoms with E-state index in [-0.39, 0.29) is 11.9 Å². The summed E-state index contributed by atoms with van der Waals surface area (Å²) in [5.74, 6) is 0.0321. The van der Waals surface area contributed by atoms with Crippen molar-refractivity contribution in [2.45, 2.75) is 25.3 Å². The number of hydrogen-bond donors (Lipinski definition) is 2. The number of anilines is 1. The van der Waals surface area contributed by atoms with Crippen molar-refractivity contribution in [3.8, 4) is 0 Å². The minimum Gasteiger partial charge on any atom is -0.376 e. The third-order valence-electron chi connectivity index (χ3n) is 4.00. The van der Waals surface area contributed by atoms with E-state index in [1.807, 2.05) is 30.3 Å². The monoisotopic (exact) mass is 358 g/mol. The van der Waals surface area contributed by atoms with Crippen molar-refractivity contribution in [1.29, 1.82) is 0 Å². The van der Waals surface area contributed by atoms with Crippen molar-refractivity contribution in [1.82, 2.24) is 5.32 Å². The highest BCUT2D eigenvalue weighted by molar-refractivity contribution is 9.10. The highest BCUT2D eigenvalue weighted by Gasteiger charge is 2.20. The first-order valence-electron chi connectivity index (χ1n) is 7.59. The number of rotatable bonds is 4. The molecule has 0 radical (unpaired) electrons. The topological polar surface area (TPSA) is 41.1 Å². The molecule has 1 atom stereocenters. The van der Waals surface area contributed by atoms with Gasteiger partial charge in [0.2, 0.25) is 5.91 Å². The van der Waals surface area contributed by atoms with Gasteiger partial charge in [-0.2, -0.15) is 0 Å². The van der Waals surface area contributed by atoms with Crippen molar-refractivity contribution in [2.75, 3.05) is 11.9 Å². The summed E-state index contributed by atoms with van der Waals surface area (Å²) < 4.78 is 1.03. The molecule has 1 amide bonds. The summed E-state index contributed by atoms with van der Waals surface area (Å²) >= 11 is 3.40. The molecular formula is C18H19BrN2O. The second kappa shape index (κ2) is 6.97. The molecule has 3 nitrogen and oxygen atoms in total. The molecule has 0 saturated heterocycles. The number of fused-ring (bicyclic) bond motifs is 1. The van der Waals surface area contributed by atoms with Crippen LogP contribution < -0.4 is 10.6 Å². The molecule has 0 saturated carbocycles. The van der Waals surface area contributed by atoms with Gasteiger partial charge < -0.3 is 10.6 Å². The molecule has 0 unspecified atom stereocenters. The van der Waals surface area contributed by atoms with Gasteiger partial charge in [-0.3, -0.25) is 4.79 Å². The lowest BCUT2D eigenvalue weighted by Crippen LogP contribution is -2.35. The lowest BCUT2D eigenvalue weighted by atomic mass is 9.88. The summed E-state index contributed by atoms with van der Waals surface area (Å²) in [5.41, 5.74) is 3.58. The first-order chi connectivity index (χ1) is 10.7. The maximum Gasteiger partial charge on any atom is 0.239 e. The third-order valence-corrected chi connectivity index (χ3v) is 4.53. The zero-order valence-corrected chi connectivity index (χ0v) is 13.9. The highest BCUT2D eigenvalue weighted by atomic mass is 79.9. The van der Waals surface area contributed by atoms with Crippen LogP contribution >= 0.6 is 15.9 Å². The molecule has 0 spiro atoms. The third kappa shape index (κ3) is 3.69. The van der Waals surface area contributed by atoms with Crippen LogP contribution in [-0.4, -0.2) is 12.5 Å². The van der Waals surface area contributed by atoms with E-state index in [4.69, 9.17) is 0 Å². The Kier molecular flexibility index (Phi) is 4.78. The average molecular weight is 359 g/mol. The number of benzene rings is 2. The molecule has 0 bridgehead atoms. The molecule has 0 heterocycles. The van der Waals surface area contributed by atoms with Crippen LogP contribution in [0, 0.1) is 0 Å². The van der Waals surface area contributed by atoms with Crippen LogP contribution in [0.2, 0.25) is 0 Å². The van der Waals surface area contributed by atoms with Gasteiger partial charge in [0.15, 0.2) is 0 Å². The first-order valence-corrected chi connectivity index (χ1v) is 8.38. The second-order valence-corrected chi connectivity index (χ2v) is 6.49. The maximum atomic E-state index is 12.2. The Bertz CT molecular complexity index is 654. The smallest absolute Gasteiger partial charge is 0.239 e. The molecule has 114 valence electrons. The Labute approximate surface area is 139 Å². The zero-order valence-electron chi connectivity index (χ0n) is 12.3. The number of carbonyl (C=O) groups excluding carboxylic acids is 1. The fourth-order valence-corrected chi connectivity index (χ4v) is 3.16. The molecule has 0 aliphatic heterocycles. The van der Waals surface area contributed by atoms with Crippen LogP contribution in [0.1, 0.15) is 30.0 Å². The summed E-state index contributed by atoms with van der Waals surface area (Å²) in [5, 5.41) is 6.30. The van der Waals surface area contributed by atoms with Gasteiger partial charge in [-0.05, 0) is 54.7 Å². The van der Waals surface area contributed by atoms with Crippen molar-refractivity contribution >= 4 is 27.5 Å². The fourth-order valence-electron chi connectivity index (χ4n) is 2.90. The minimum absolute atomic E-state index is 0.0321. The Morgan fingerprint density at radius 3 is 2.73 bits per heavy atom. The Morgan fingerprint density at radius 1 is 1.14 bits per heavy atom. The molecule has 1 aliphatic carbocycles. The van der Waals surface area contributed by atoms with E-state index in [0.717, 1.165) is 29.4 Å². The Hall–Kier alpha value is -1.81. The second-order valence-electron chi connectivity index (χ2n) is 5.57. The molecule has 2 aromatic carbocycles. The van der Waals surface area contributed by atoms with Crippen LogP contribution in [0.15, 0.2) is 53.0 Å². The summed E-state index contributed by atoms with van der Waals surface area (Å²) in [6, 6.07) is 16.4. The molecule has 2 aromatic rings. The van der Waals surface area contributed by atoms with Gasteiger partial charge in [0, 0.05) is 10.2 Å². The van der Waals surface area contributed by atoms with Gasteiger partial charge in [-0.15, -0.1) is 0 Å². The average Bonchev–Trinajstić information content (AvgIpc) is 2.55. The highest BCUT2D eigenvalue weighted by Crippen LogP contribution is 2.29. The predicted octanol–water partition coefficient (Wildman–Crippen LogP) is 4.05. The standard InChI is InChI=1S/C18H19BrN2O/c19-14-8-10-15(11-9-14)20-12-18(22)21-17-7-3-5-13-4-1-2-6-16(13)17/h1-2,4,6,8-11,17,20H,3,5,7,12H2,(H,21,22)/t17-/m0/s1. The van der Waals surface area contributed by atoms with Crippen molar-refractivity contribution in [3.05, 3.63) is 64.1 Å². The molecule has 3 rings (SSSR count). The Balaban J connectivity index is 1.57. The van der Waals surface area contributed by atoms with E-state index < -0.39 is 0 Å². The Morgan fingerprint density at radius 2 is 1.91 bits per heavy atom. The van der Waals surface area contributed by atoms with Gasteiger partial charge in [-0.1, -0.05) is 40.2 Å². The number of halogens is 1. The molecule has 4 heteroatoms. The lowest BCUT2D eigenvalue weighted by Gasteiger charge is -2.26. The van der Waals surface area contributed by atoms with E-state index in [2.05, 4.69) is 44.8 Å². The van der Waals surface area contributed by atoms with Gasteiger partial charge >= 0.3 is 0 Å². The number of carbonyl (C=O) groups is 1. The van der Waals surface area contributed by atoms with Crippen LogP contribution in [0.3, 0.4) is 0 Å². The summed E-state index contributed by atoms with van der Waals surface area (Å²) in [7, 11) is 0. The predicted molar refractivity (Wildman–Crippen MR) is 92.9 cm³/mol. The normalized spacial score (nSPS) is 16.7. The molecule has 2 N–H and O–H groups in total. The van der Waals surface area contributed by atoms with E-state index in [0.29, 0.717) is 6.54 Å². The van der Waals surface area contributed by atoms with Gasteiger partial charge in [0.1, 0.15) is 0 Å². The van der Waals surface area contributed by atoms with Crippen LogP contribution in [0.25, 0.3) is 0 Å². The quantitative estimate of drug-likeness (QED) is 0.865. The van der Waals surface area contributed by atoms with Crippen LogP contribution in [0.4, 0.5) is 5.69 Å². The van der Waals surface area contributed by atoms with Crippen molar-refractivity contribution in [3.63, 3.8) is 0 Å². The van der Waals surface area contributed by atoms with Crippen molar-refractivity contribution < 1.29 is 4.79 Å². The summed E-state index contributed by atoms with van der Waals surface area (Å²) in [4.78, 5) is 12.2. The SMILES string of the molecule is O=C(CNc1ccc(Br)cc1)N[C@H]1CCCc2ccccc21. The number of nitrogens with one attached hydrogen (secondary N) is 2. The van der Waals surface area contributed by atoms with Crippen molar-refractivity contribution in [2.24, 2.45) is 0 Å². The number of aryl methyl sites for hydroxylation is 1. The largest absolute Gasteiger partial charge is 0.376 e. The van der Waals surface area contributed by atoms with E-state index >= 15 is 0 Å². The van der Waals surface area contributed by atoms with Gasteiger partial charge in [0.25, 0.3) is 0 Å². The molecule has 0 aromatic heterocycles. The zero-order chi connectivity index (χ0) is 15.4. The number of hydrogen-bond acceptors (Lipinski definition) is 2. The molecule has 0 fully saturated rings. The van der Waals surface area contributed by atoms with Crippen LogP contribution in [-0.2, 0) is 11.2 Å². The molecular weight excluding hydrogens is 340 g/mol. The lowest BCUT2D eigenvalue weighted by molar-refractivity contribution is -0.120. The van der Waals surface area contributed by atoms with E-state index in [1.54, 1.807) is 0 Å². The number of amides is 1. The van der Waals surface area contributed by atoms with Crippen LogP contribution in [0.5, 0.6) is 0 Å². The van der Waals surface area contributed by atoms with Gasteiger partial charge in [0.05, 0.1) is 12.6 Å². The first kappa shape index (κ1) is 15.1. The van der Waals surface area contributed by atoms with E-state index in [9.17, 15) is 4.79 Å².